The Bertz CT molecular complexity index is 693. The molecule has 0 amide bonds. The van der Waals surface area contributed by atoms with Gasteiger partial charge in [-0.25, -0.2) is 0 Å². The van der Waals surface area contributed by atoms with Crippen LogP contribution in [0.1, 0.15) is 107 Å². The summed E-state index contributed by atoms with van der Waals surface area (Å²) in [6.45, 7) is 2.27. The number of Topliss-reactive ketones (excluding diaryl/α,β-unsaturated/α-hetero) is 1. The minimum absolute atomic E-state index is 0.185. The molecule has 0 heterocycles. The van der Waals surface area contributed by atoms with Crippen molar-refractivity contribution in [1.29, 1.82) is 0 Å². The predicted octanol–water partition coefficient (Wildman–Crippen LogP) is 9.14. The number of ether oxygens (including phenoxy) is 1. The van der Waals surface area contributed by atoms with Gasteiger partial charge >= 0.3 is 0 Å². The number of carbonyl (C=O) groups is 1. The van der Waals surface area contributed by atoms with Crippen molar-refractivity contribution in [3.05, 3.63) is 60.2 Å². The zero-order valence-corrected chi connectivity index (χ0v) is 18.9. The van der Waals surface area contributed by atoms with Crippen LogP contribution in [-0.2, 0) is 0 Å². The zero-order valence-electron chi connectivity index (χ0n) is 18.9. The Morgan fingerprint density at radius 1 is 0.633 bits per heavy atom. The van der Waals surface area contributed by atoms with Crippen molar-refractivity contribution >= 4 is 5.78 Å². The molecule has 0 N–H and O–H groups in total. The Morgan fingerprint density at radius 3 is 1.73 bits per heavy atom. The number of unbranched alkanes of at least 4 members (excludes halogenated alkanes) is 12. The summed E-state index contributed by atoms with van der Waals surface area (Å²) in [5, 5.41) is 0. The number of rotatable bonds is 17. The highest BCUT2D eigenvalue weighted by molar-refractivity contribution is 5.98. The van der Waals surface area contributed by atoms with Crippen molar-refractivity contribution in [2.75, 3.05) is 0 Å². The van der Waals surface area contributed by atoms with E-state index in [9.17, 15) is 4.79 Å². The molecule has 2 rings (SSSR count). The molecule has 2 aromatic rings. The maximum Gasteiger partial charge on any atom is 0.166 e. The second kappa shape index (κ2) is 15.7. The molecule has 0 aromatic heterocycles. The SMILES string of the molecule is CCCCCCCCCCCCCCCC(=O)c1ccccc1Oc1ccccc1. The third kappa shape index (κ3) is 10.1. The van der Waals surface area contributed by atoms with Gasteiger partial charge in [0.1, 0.15) is 11.5 Å². The number of para-hydroxylation sites is 2. The summed E-state index contributed by atoms with van der Waals surface area (Å²) in [6.07, 6.45) is 17.8. The van der Waals surface area contributed by atoms with Crippen molar-refractivity contribution in [3.8, 4) is 11.5 Å². The van der Waals surface area contributed by atoms with Crippen LogP contribution in [0.2, 0.25) is 0 Å². The van der Waals surface area contributed by atoms with Gasteiger partial charge in [-0.1, -0.05) is 114 Å². The maximum atomic E-state index is 12.7. The lowest BCUT2D eigenvalue weighted by Gasteiger charge is -2.10. The van der Waals surface area contributed by atoms with E-state index in [2.05, 4.69) is 6.92 Å². The Morgan fingerprint density at radius 2 is 1.13 bits per heavy atom. The zero-order chi connectivity index (χ0) is 21.3. The van der Waals surface area contributed by atoms with E-state index >= 15 is 0 Å². The summed E-state index contributed by atoms with van der Waals surface area (Å²) in [7, 11) is 0. The summed E-state index contributed by atoms with van der Waals surface area (Å²) in [5.41, 5.74) is 0.695. The van der Waals surface area contributed by atoms with Gasteiger partial charge in [0.05, 0.1) is 5.56 Å². The van der Waals surface area contributed by atoms with Crippen LogP contribution in [0.4, 0.5) is 0 Å². The predicted molar refractivity (Wildman–Crippen MR) is 128 cm³/mol. The van der Waals surface area contributed by atoms with Gasteiger partial charge in [-0.3, -0.25) is 4.79 Å². The molecular weight excluding hydrogens is 368 g/mol. The fourth-order valence-electron chi connectivity index (χ4n) is 3.84. The fourth-order valence-corrected chi connectivity index (χ4v) is 3.84. The Kier molecular flexibility index (Phi) is 12.7. The summed E-state index contributed by atoms with van der Waals surface area (Å²) in [5.74, 6) is 1.60. The smallest absolute Gasteiger partial charge is 0.166 e. The third-order valence-corrected chi connectivity index (χ3v) is 5.67. The summed E-state index contributed by atoms with van der Waals surface area (Å²) >= 11 is 0. The number of ketones is 1. The largest absolute Gasteiger partial charge is 0.457 e. The van der Waals surface area contributed by atoms with Crippen molar-refractivity contribution in [2.24, 2.45) is 0 Å². The van der Waals surface area contributed by atoms with Crippen molar-refractivity contribution in [2.45, 2.75) is 96.8 Å². The van der Waals surface area contributed by atoms with Gasteiger partial charge in [-0.15, -0.1) is 0 Å². The highest BCUT2D eigenvalue weighted by Gasteiger charge is 2.12. The molecule has 30 heavy (non-hydrogen) atoms. The highest BCUT2D eigenvalue weighted by Crippen LogP contribution is 2.26. The van der Waals surface area contributed by atoms with E-state index in [0.29, 0.717) is 17.7 Å². The van der Waals surface area contributed by atoms with Crippen molar-refractivity contribution < 1.29 is 9.53 Å². The number of hydrogen-bond acceptors (Lipinski definition) is 2. The molecule has 0 aliphatic carbocycles. The van der Waals surface area contributed by atoms with E-state index < -0.39 is 0 Å². The van der Waals surface area contributed by atoms with Crippen molar-refractivity contribution in [3.63, 3.8) is 0 Å². The number of carbonyl (C=O) groups excluding carboxylic acids is 1. The standard InChI is InChI=1S/C28H40O2/c1-2-3-4-5-6-7-8-9-10-11-12-13-17-23-27(29)26-22-18-19-24-28(26)30-25-20-15-14-16-21-25/h14-16,18-22,24H,2-13,17,23H2,1H3. The molecule has 0 fully saturated rings. The molecule has 0 unspecified atom stereocenters. The quantitative estimate of drug-likeness (QED) is 0.193. The minimum Gasteiger partial charge on any atom is -0.457 e. The molecule has 0 bridgehead atoms. The number of hydrogen-bond donors (Lipinski definition) is 0. The Labute approximate surface area is 184 Å². The van der Waals surface area contributed by atoms with E-state index in [4.69, 9.17) is 4.74 Å². The second-order valence-corrected chi connectivity index (χ2v) is 8.33. The highest BCUT2D eigenvalue weighted by atomic mass is 16.5. The normalized spacial score (nSPS) is 10.8. The molecule has 2 aromatic carbocycles. The van der Waals surface area contributed by atoms with Crippen LogP contribution in [0.25, 0.3) is 0 Å². The third-order valence-electron chi connectivity index (χ3n) is 5.67. The van der Waals surface area contributed by atoms with Crippen LogP contribution in [0.3, 0.4) is 0 Å². The topological polar surface area (TPSA) is 26.3 Å². The fraction of sp³-hybridized carbons (Fsp3) is 0.536. The molecule has 0 atom stereocenters. The Balaban J connectivity index is 1.55. The molecule has 2 nitrogen and oxygen atoms in total. The average molecular weight is 409 g/mol. The van der Waals surface area contributed by atoms with Crippen LogP contribution in [-0.4, -0.2) is 5.78 Å². The summed E-state index contributed by atoms with van der Waals surface area (Å²) in [6, 6.07) is 17.2. The van der Waals surface area contributed by atoms with Gasteiger partial charge in [0, 0.05) is 6.42 Å². The maximum absolute atomic E-state index is 12.7. The van der Waals surface area contributed by atoms with Crippen molar-refractivity contribution in [1.82, 2.24) is 0 Å². The van der Waals surface area contributed by atoms with Gasteiger partial charge in [0.25, 0.3) is 0 Å². The molecule has 0 spiro atoms. The van der Waals surface area contributed by atoms with Gasteiger partial charge < -0.3 is 4.74 Å². The lowest BCUT2D eigenvalue weighted by atomic mass is 10.0. The molecule has 0 aliphatic heterocycles. The molecule has 164 valence electrons. The van der Waals surface area contributed by atoms with Gasteiger partial charge in [0.2, 0.25) is 0 Å². The van der Waals surface area contributed by atoms with E-state index in [1.165, 1.54) is 70.6 Å². The second-order valence-electron chi connectivity index (χ2n) is 8.33. The average Bonchev–Trinajstić information content (AvgIpc) is 2.78. The van der Waals surface area contributed by atoms with Crippen LogP contribution in [0.5, 0.6) is 11.5 Å². The first-order chi connectivity index (χ1) is 14.8. The van der Waals surface area contributed by atoms with Gasteiger partial charge in [-0.2, -0.15) is 0 Å². The Hall–Kier alpha value is -2.09. The molecule has 0 aliphatic rings. The summed E-state index contributed by atoms with van der Waals surface area (Å²) < 4.78 is 5.93. The van der Waals surface area contributed by atoms with Crippen LogP contribution in [0, 0.1) is 0 Å². The first kappa shape index (κ1) is 24.2. The monoisotopic (exact) mass is 408 g/mol. The lowest BCUT2D eigenvalue weighted by molar-refractivity contribution is 0.0977. The molecular formula is C28H40O2. The summed E-state index contributed by atoms with van der Waals surface area (Å²) in [4.78, 5) is 12.7. The molecule has 0 saturated heterocycles. The minimum atomic E-state index is 0.185. The molecule has 0 radical (unpaired) electrons. The van der Waals surface area contributed by atoms with Gasteiger partial charge in [0.15, 0.2) is 5.78 Å². The number of benzene rings is 2. The van der Waals surface area contributed by atoms with Crippen LogP contribution >= 0.6 is 0 Å². The van der Waals surface area contributed by atoms with Crippen LogP contribution in [0.15, 0.2) is 54.6 Å². The van der Waals surface area contributed by atoms with Gasteiger partial charge in [-0.05, 0) is 30.7 Å². The van der Waals surface area contributed by atoms with E-state index in [1.54, 1.807) is 0 Å². The molecule has 0 saturated carbocycles. The van der Waals surface area contributed by atoms with E-state index in [-0.39, 0.29) is 5.78 Å². The van der Waals surface area contributed by atoms with E-state index in [1.807, 2.05) is 54.6 Å². The lowest BCUT2D eigenvalue weighted by Crippen LogP contribution is -2.01. The van der Waals surface area contributed by atoms with Crippen LogP contribution < -0.4 is 4.74 Å². The first-order valence-electron chi connectivity index (χ1n) is 12.2. The first-order valence-corrected chi connectivity index (χ1v) is 12.2. The van der Waals surface area contributed by atoms with E-state index in [0.717, 1.165) is 18.6 Å². The molecule has 2 heteroatoms.